The molecular formula is C43H81NO3. The Morgan fingerprint density at radius 2 is 0.872 bits per heavy atom. The highest BCUT2D eigenvalue weighted by Crippen LogP contribution is 2.14. The zero-order valence-corrected chi connectivity index (χ0v) is 31.5. The molecule has 47 heavy (non-hydrogen) atoms. The second-order valence-corrected chi connectivity index (χ2v) is 14.1. The first-order valence-electron chi connectivity index (χ1n) is 20.7. The van der Waals surface area contributed by atoms with Crippen LogP contribution in [0.1, 0.15) is 213 Å². The van der Waals surface area contributed by atoms with E-state index in [1.165, 1.54) is 161 Å². The number of aliphatic hydroxyl groups is 2. The van der Waals surface area contributed by atoms with Gasteiger partial charge in [-0.1, -0.05) is 192 Å². The van der Waals surface area contributed by atoms with Gasteiger partial charge in [0, 0.05) is 6.42 Å². The normalized spacial score (nSPS) is 13.4. The van der Waals surface area contributed by atoms with Crippen LogP contribution in [0.2, 0.25) is 0 Å². The number of amides is 1. The van der Waals surface area contributed by atoms with Crippen molar-refractivity contribution in [3.05, 3.63) is 36.5 Å². The first-order chi connectivity index (χ1) is 23.2. The molecule has 0 spiro atoms. The van der Waals surface area contributed by atoms with Crippen LogP contribution in [0.15, 0.2) is 36.5 Å². The Labute approximate surface area is 293 Å². The first-order valence-corrected chi connectivity index (χ1v) is 20.7. The van der Waals surface area contributed by atoms with Crippen molar-refractivity contribution in [3.8, 4) is 0 Å². The van der Waals surface area contributed by atoms with Crippen molar-refractivity contribution in [1.82, 2.24) is 5.32 Å². The van der Waals surface area contributed by atoms with Gasteiger partial charge in [-0.05, 0) is 51.4 Å². The number of allylic oxidation sites excluding steroid dienone is 5. The number of unbranched alkanes of at least 4 members (excludes halogenated alkanes) is 26. The van der Waals surface area contributed by atoms with Gasteiger partial charge in [-0.2, -0.15) is 0 Å². The quantitative estimate of drug-likeness (QED) is 0.0459. The van der Waals surface area contributed by atoms with Crippen LogP contribution in [0, 0.1) is 0 Å². The number of aliphatic hydroxyl groups excluding tert-OH is 2. The zero-order valence-electron chi connectivity index (χ0n) is 31.5. The van der Waals surface area contributed by atoms with Crippen molar-refractivity contribution >= 4 is 5.91 Å². The van der Waals surface area contributed by atoms with Crippen molar-refractivity contribution < 1.29 is 15.0 Å². The van der Waals surface area contributed by atoms with Crippen LogP contribution in [-0.2, 0) is 4.79 Å². The Kier molecular flexibility index (Phi) is 37.9. The summed E-state index contributed by atoms with van der Waals surface area (Å²) in [6, 6.07) is -0.621. The molecule has 4 heteroatoms. The number of rotatable bonds is 37. The lowest BCUT2D eigenvalue weighted by Crippen LogP contribution is -2.45. The van der Waals surface area contributed by atoms with E-state index in [0.29, 0.717) is 6.42 Å². The van der Waals surface area contributed by atoms with Crippen molar-refractivity contribution in [2.45, 2.75) is 225 Å². The van der Waals surface area contributed by atoms with Gasteiger partial charge in [0.25, 0.3) is 0 Å². The molecule has 0 aromatic rings. The molecule has 2 atom stereocenters. The van der Waals surface area contributed by atoms with E-state index >= 15 is 0 Å². The van der Waals surface area contributed by atoms with Gasteiger partial charge >= 0.3 is 0 Å². The maximum atomic E-state index is 12.3. The molecule has 0 aromatic heterocycles. The van der Waals surface area contributed by atoms with Crippen LogP contribution in [0.25, 0.3) is 0 Å². The molecule has 0 aliphatic heterocycles. The fourth-order valence-corrected chi connectivity index (χ4v) is 6.15. The molecule has 0 aromatic carbocycles. The van der Waals surface area contributed by atoms with E-state index in [0.717, 1.165) is 32.1 Å². The molecule has 0 radical (unpaired) electrons. The molecule has 0 fully saturated rings. The van der Waals surface area contributed by atoms with E-state index in [2.05, 4.69) is 43.5 Å². The largest absolute Gasteiger partial charge is 0.394 e. The highest BCUT2D eigenvalue weighted by Gasteiger charge is 2.17. The summed E-state index contributed by atoms with van der Waals surface area (Å²) in [4.78, 5) is 12.3. The molecule has 0 saturated heterocycles. The third-order valence-corrected chi connectivity index (χ3v) is 9.37. The maximum Gasteiger partial charge on any atom is 0.220 e. The lowest BCUT2D eigenvalue weighted by molar-refractivity contribution is -0.123. The average molecular weight is 660 g/mol. The summed E-state index contributed by atoms with van der Waals surface area (Å²) in [5.74, 6) is -0.0706. The molecule has 1 amide bonds. The minimum atomic E-state index is -0.838. The number of nitrogens with one attached hydrogen (secondary N) is 1. The SMILES string of the molecule is CCCCCCCCCC/C=C/C(O)C(CO)NC(=O)CCCCCCCCCCC/C=C\C/C=C\CCCCCCCCCCC. The van der Waals surface area contributed by atoms with Gasteiger partial charge in [0.15, 0.2) is 0 Å². The lowest BCUT2D eigenvalue weighted by Gasteiger charge is -2.20. The van der Waals surface area contributed by atoms with Crippen LogP contribution in [0.3, 0.4) is 0 Å². The molecule has 3 N–H and O–H groups in total. The Morgan fingerprint density at radius 3 is 1.28 bits per heavy atom. The third kappa shape index (κ3) is 35.7. The van der Waals surface area contributed by atoms with E-state index in [1.54, 1.807) is 6.08 Å². The molecule has 4 nitrogen and oxygen atoms in total. The molecule has 0 aliphatic rings. The second-order valence-electron chi connectivity index (χ2n) is 14.1. The van der Waals surface area contributed by atoms with Crippen molar-refractivity contribution in [3.63, 3.8) is 0 Å². The summed E-state index contributed by atoms with van der Waals surface area (Å²) >= 11 is 0. The van der Waals surface area contributed by atoms with E-state index < -0.39 is 12.1 Å². The van der Waals surface area contributed by atoms with Crippen molar-refractivity contribution in [2.24, 2.45) is 0 Å². The van der Waals surface area contributed by atoms with E-state index in [9.17, 15) is 15.0 Å². The predicted octanol–water partition coefficient (Wildman–Crippen LogP) is 12.6. The van der Waals surface area contributed by atoms with E-state index in [-0.39, 0.29) is 12.5 Å². The van der Waals surface area contributed by atoms with Gasteiger partial charge < -0.3 is 15.5 Å². The average Bonchev–Trinajstić information content (AvgIpc) is 3.07. The topological polar surface area (TPSA) is 69.6 Å². The Morgan fingerprint density at radius 1 is 0.511 bits per heavy atom. The van der Waals surface area contributed by atoms with Crippen LogP contribution < -0.4 is 5.32 Å². The predicted molar refractivity (Wildman–Crippen MR) is 207 cm³/mol. The van der Waals surface area contributed by atoms with Crippen molar-refractivity contribution in [1.29, 1.82) is 0 Å². The number of carbonyl (C=O) groups is 1. The van der Waals surface area contributed by atoms with Crippen LogP contribution in [0.5, 0.6) is 0 Å². The summed E-state index contributed by atoms with van der Waals surface area (Å²) in [7, 11) is 0. The van der Waals surface area contributed by atoms with Crippen molar-refractivity contribution in [2.75, 3.05) is 6.61 Å². The third-order valence-electron chi connectivity index (χ3n) is 9.37. The molecule has 0 rings (SSSR count). The Balaban J connectivity index is 3.54. The maximum absolute atomic E-state index is 12.3. The van der Waals surface area contributed by atoms with Gasteiger partial charge in [-0.25, -0.2) is 0 Å². The highest BCUT2D eigenvalue weighted by atomic mass is 16.3. The lowest BCUT2D eigenvalue weighted by atomic mass is 10.0. The number of hydrogen-bond donors (Lipinski definition) is 3. The fraction of sp³-hybridized carbons (Fsp3) is 0.837. The monoisotopic (exact) mass is 660 g/mol. The first kappa shape index (κ1) is 45.6. The molecular weight excluding hydrogens is 578 g/mol. The summed E-state index contributed by atoms with van der Waals surface area (Å²) in [6.07, 6.45) is 51.1. The summed E-state index contributed by atoms with van der Waals surface area (Å²) in [5.41, 5.74) is 0. The molecule has 0 bridgehead atoms. The Bertz CT molecular complexity index is 716. The van der Waals surface area contributed by atoms with Gasteiger partial charge in [-0.15, -0.1) is 0 Å². The van der Waals surface area contributed by atoms with E-state index in [4.69, 9.17) is 0 Å². The smallest absolute Gasteiger partial charge is 0.220 e. The molecule has 276 valence electrons. The Hall–Kier alpha value is -1.39. The highest BCUT2D eigenvalue weighted by molar-refractivity contribution is 5.76. The molecule has 0 saturated carbocycles. The van der Waals surface area contributed by atoms with Crippen LogP contribution in [-0.4, -0.2) is 34.9 Å². The molecule has 2 unspecified atom stereocenters. The second kappa shape index (κ2) is 39.1. The molecule has 0 heterocycles. The van der Waals surface area contributed by atoms with Gasteiger partial charge in [0.2, 0.25) is 5.91 Å². The summed E-state index contributed by atoms with van der Waals surface area (Å²) in [5, 5.41) is 22.9. The number of carbonyl (C=O) groups excluding carboxylic acids is 1. The van der Waals surface area contributed by atoms with E-state index in [1.807, 2.05) is 6.08 Å². The standard InChI is InChI=1S/C43H81NO3/c1-3-5-7-9-11-13-15-16-17-18-19-20-21-22-23-24-25-26-27-28-29-31-33-35-37-39-43(47)44-41(40-45)42(46)38-36-34-32-30-14-12-10-8-6-4-2/h19-20,22-23,36,38,41-42,45-46H,3-18,21,24-35,37,39-40H2,1-2H3,(H,44,47)/b20-19-,23-22-,38-36+. The zero-order chi connectivity index (χ0) is 34.3. The molecule has 0 aliphatic carbocycles. The summed E-state index contributed by atoms with van der Waals surface area (Å²) < 4.78 is 0. The van der Waals surface area contributed by atoms with Gasteiger partial charge in [0.05, 0.1) is 18.8 Å². The van der Waals surface area contributed by atoms with Gasteiger partial charge in [-0.3, -0.25) is 4.79 Å². The fourth-order valence-electron chi connectivity index (χ4n) is 6.15. The van der Waals surface area contributed by atoms with Gasteiger partial charge in [0.1, 0.15) is 0 Å². The minimum absolute atomic E-state index is 0.0706. The van der Waals surface area contributed by atoms with Crippen LogP contribution >= 0.6 is 0 Å². The minimum Gasteiger partial charge on any atom is -0.394 e. The number of hydrogen-bond acceptors (Lipinski definition) is 3. The van der Waals surface area contributed by atoms with Crippen LogP contribution in [0.4, 0.5) is 0 Å². The summed E-state index contributed by atoms with van der Waals surface area (Å²) in [6.45, 7) is 4.28.